The highest BCUT2D eigenvalue weighted by Crippen LogP contribution is 2.21. The van der Waals surface area contributed by atoms with Crippen LogP contribution in [0.25, 0.3) is 0 Å². The van der Waals surface area contributed by atoms with Gasteiger partial charge in [-0.15, -0.1) is 0 Å². The number of aliphatic hydroxyl groups excluding tert-OH is 1. The maximum Gasteiger partial charge on any atom is 0.269 e. The molecule has 0 unspecified atom stereocenters. The molecule has 0 radical (unpaired) electrons. The molecule has 0 fully saturated rings. The van der Waals surface area contributed by atoms with E-state index in [1.54, 1.807) is 0 Å². The van der Waals surface area contributed by atoms with Crippen LogP contribution >= 0.6 is 11.8 Å². The molecule has 164 valence electrons. The van der Waals surface area contributed by atoms with Gasteiger partial charge in [0.2, 0.25) is 10.0 Å². The molecule has 2 aromatic carbocycles. The molecule has 2 atom stereocenters. The van der Waals surface area contributed by atoms with Gasteiger partial charge in [-0.3, -0.25) is 10.1 Å². The first-order valence-corrected chi connectivity index (χ1v) is 11.3. The molecule has 0 bridgehead atoms. The zero-order valence-corrected chi connectivity index (χ0v) is 18.4. The van der Waals surface area contributed by atoms with E-state index in [0.717, 1.165) is 17.7 Å². The molecule has 0 amide bonds. The lowest BCUT2D eigenvalue weighted by Gasteiger charge is -2.29. The summed E-state index contributed by atoms with van der Waals surface area (Å²) in [7, 11) is -3.97. The average molecular weight is 456 g/mol. The molecule has 2 rings (SSSR count). The highest BCUT2D eigenvalue weighted by molar-refractivity contribution is 7.89. The number of nitrogens with zero attached hydrogens (tertiary/aromatic N) is 2. The summed E-state index contributed by atoms with van der Waals surface area (Å²) in [6, 6.07) is 13.5. The lowest BCUT2D eigenvalue weighted by atomic mass is 10.0. The van der Waals surface area contributed by atoms with E-state index >= 15 is 0 Å². The molecule has 0 aliphatic heterocycles. The van der Waals surface area contributed by atoms with Gasteiger partial charge in [0.05, 0.1) is 22.0 Å². The number of hydrogen-bond donors (Lipinski definition) is 2. The molecule has 0 aromatic heterocycles. The van der Waals surface area contributed by atoms with Crippen molar-refractivity contribution in [3.8, 4) is 0 Å². The molecule has 0 heterocycles. The summed E-state index contributed by atoms with van der Waals surface area (Å²) < 4.78 is 27.5. The summed E-state index contributed by atoms with van der Waals surface area (Å²) in [5.41, 5.74) is 0.752. The van der Waals surface area contributed by atoms with Gasteiger partial charge in [0.15, 0.2) is 0 Å². The number of hydrogen-bond acceptors (Lipinski definition) is 6. The molecule has 2 aromatic rings. The zero-order valence-electron chi connectivity index (χ0n) is 16.8. The van der Waals surface area contributed by atoms with Crippen molar-refractivity contribution in [2.24, 2.45) is 5.92 Å². The lowest BCUT2D eigenvalue weighted by Crippen LogP contribution is -2.47. The predicted octanol–water partition coefficient (Wildman–Crippen LogP) is 2.96. The van der Waals surface area contributed by atoms with Crippen molar-refractivity contribution < 1.29 is 18.4 Å². The fourth-order valence-electron chi connectivity index (χ4n) is 3.02. The molecule has 0 aliphatic carbocycles. The first kappa shape index (κ1) is 24.2. The lowest BCUT2D eigenvalue weighted by molar-refractivity contribution is -0.384. The largest absolute Gasteiger partial charge is 0.390 e. The van der Waals surface area contributed by atoms with Crippen LogP contribution in [0.15, 0.2) is 59.5 Å². The fourth-order valence-corrected chi connectivity index (χ4v) is 4.86. The van der Waals surface area contributed by atoms with Crippen molar-refractivity contribution in [3.05, 3.63) is 70.3 Å². The first-order chi connectivity index (χ1) is 14.1. The van der Waals surface area contributed by atoms with E-state index in [4.69, 9.17) is 11.8 Å². The standard InChI is InChI=1S/C20H26ClN3O5S/c1-15(2)13-23(30(28,29)18-10-8-17(9-11-18)24(26)27)14-20(25)19(22-21)12-16-6-4-3-5-7-16/h3-11,15,19-20,22,25H,12-14H2,1-2H3/t19-,20+/m0/s1. The number of rotatable bonds is 11. The van der Waals surface area contributed by atoms with Crippen LogP contribution in [0.4, 0.5) is 5.69 Å². The Morgan fingerprint density at radius 3 is 2.20 bits per heavy atom. The Morgan fingerprint density at radius 1 is 1.10 bits per heavy atom. The minimum Gasteiger partial charge on any atom is -0.390 e. The number of nitro groups is 1. The minimum absolute atomic E-state index is 0.00144. The highest BCUT2D eigenvalue weighted by Gasteiger charge is 2.30. The number of halogens is 1. The summed E-state index contributed by atoms with van der Waals surface area (Å²) in [5, 5.41) is 21.6. The Bertz CT molecular complexity index is 923. The number of benzene rings is 2. The van der Waals surface area contributed by atoms with Gasteiger partial charge in [-0.1, -0.05) is 44.2 Å². The SMILES string of the molecule is CC(C)CN(C[C@@H](O)[C@H](Cc1ccccc1)NCl)S(=O)(=O)c1ccc([N+](=O)[O-])cc1. The van der Waals surface area contributed by atoms with E-state index in [2.05, 4.69) is 4.84 Å². The van der Waals surface area contributed by atoms with Crippen LogP contribution in [0, 0.1) is 16.0 Å². The van der Waals surface area contributed by atoms with Crippen molar-refractivity contribution >= 4 is 27.5 Å². The summed E-state index contributed by atoms with van der Waals surface area (Å²) in [5.74, 6) is 0.00144. The Hall–Kier alpha value is -2.04. The molecule has 0 spiro atoms. The molecular weight excluding hydrogens is 430 g/mol. The summed E-state index contributed by atoms with van der Waals surface area (Å²) in [6.07, 6.45) is -0.659. The molecule has 2 N–H and O–H groups in total. The molecule has 0 saturated heterocycles. The second-order valence-corrected chi connectivity index (χ2v) is 9.60. The third-order valence-corrected chi connectivity index (χ3v) is 6.67. The molecule has 0 saturated carbocycles. The second kappa shape index (κ2) is 10.8. The van der Waals surface area contributed by atoms with Gasteiger partial charge in [-0.05, 0) is 41.8 Å². The van der Waals surface area contributed by atoms with Crippen LogP contribution in [-0.2, 0) is 16.4 Å². The molecule has 30 heavy (non-hydrogen) atoms. The van der Waals surface area contributed by atoms with E-state index in [-0.39, 0.29) is 29.6 Å². The number of aliphatic hydroxyl groups is 1. The van der Waals surface area contributed by atoms with Crippen LogP contribution in [0.2, 0.25) is 0 Å². The van der Waals surface area contributed by atoms with Crippen LogP contribution in [-0.4, -0.2) is 48.0 Å². The number of nitrogens with one attached hydrogen (secondary N) is 1. The van der Waals surface area contributed by atoms with E-state index in [0.29, 0.717) is 6.42 Å². The van der Waals surface area contributed by atoms with Gasteiger partial charge in [-0.2, -0.15) is 4.31 Å². The maximum atomic E-state index is 13.1. The van der Waals surface area contributed by atoms with Crippen molar-refractivity contribution in [3.63, 3.8) is 0 Å². The van der Waals surface area contributed by atoms with Crippen LogP contribution in [0.1, 0.15) is 19.4 Å². The van der Waals surface area contributed by atoms with Gasteiger partial charge in [0, 0.05) is 25.2 Å². The van der Waals surface area contributed by atoms with Crippen LogP contribution < -0.4 is 4.84 Å². The zero-order chi connectivity index (χ0) is 22.3. The molecule has 10 heteroatoms. The van der Waals surface area contributed by atoms with Crippen LogP contribution in [0.5, 0.6) is 0 Å². The first-order valence-electron chi connectivity index (χ1n) is 9.48. The maximum absolute atomic E-state index is 13.1. The summed E-state index contributed by atoms with van der Waals surface area (Å²) in [6.45, 7) is 3.74. The van der Waals surface area contributed by atoms with E-state index < -0.39 is 27.1 Å². The molecule has 8 nitrogen and oxygen atoms in total. The number of nitro benzene ring substituents is 1. The third-order valence-electron chi connectivity index (χ3n) is 4.55. The highest BCUT2D eigenvalue weighted by atomic mass is 35.5. The van der Waals surface area contributed by atoms with Crippen LogP contribution in [0.3, 0.4) is 0 Å². The molecule has 0 aliphatic rings. The van der Waals surface area contributed by atoms with Gasteiger partial charge in [0.25, 0.3) is 5.69 Å². The quantitative estimate of drug-likeness (QED) is 0.306. The van der Waals surface area contributed by atoms with Crippen molar-refractivity contribution in [1.29, 1.82) is 0 Å². The van der Waals surface area contributed by atoms with Gasteiger partial charge in [-0.25, -0.2) is 13.3 Å². The van der Waals surface area contributed by atoms with Crippen molar-refractivity contribution in [2.75, 3.05) is 13.1 Å². The number of non-ortho nitro benzene ring substituents is 1. The Morgan fingerprint density at radius 2 is 1.70 bits per heavy atom. The Balaban J connectivity index is 2.23. The molecular formula is C20H26ClN3O5S. The third kappa shape index (κ3) is 6.48. The summed E-state index contributed by atoms with van der Waals surface area (Å²) >= 11 is 5.84. The Kier molecular flexibility index (Phi) is 8.75. The Labute approximate surface area is 181 Å². The minimum atomic E-state index is -3.97. The predicted molar refractivity (Wildman–Crippen MR) is 116 cm³/mol. The normalized spacial score (nSPS) is 14.1. The topological polar surface area (TPSA) is 113 Å². The smallest absolute Gasteiger partial charge is 0.269 e. The summed E-state index contributed by atoms with van der Waals surface area (Å²) in [4.78, 5) is 12.7. The van der Waals surface area contributed by atoms with Gasteiger partial charge < -0.3 is 5.11 Å². The number of sulfonamides is 1. The monoisotopic (exact) mass is 455 g/mol. The van der Waals surface area contributed by atoms with Crippen molar-refractivity contribution in [2.45, 2.75) is 37.3 Å². The van der Waals surface area contributed by atoms with E-state index in [1.807, 2.05) is 44.2 Å². The van der Waals surface area contributed by atoms with Gasteiger partial charge in [0.1, 0.15) is 0 Å². The van der Waals surface area contributed by atoms with Crippen molar-refractivity contribution in [1.82, 2.24) is 9.14 Å². The van der Waals surface area contributed by atoms with E-state index in [1.165, 1.54) is 16.4 Å². The fraction of sp³-hybridized carbons (Fsp3) is 0.400. The van der Waals surface area contributed by atoms with Gasteiger partial charge >= 0.3 is 0 Å². The van der Waals surface area contributed by atoms with E-state index in [9.17, 15) is 23.6 Å². The average Bonchev–Trinajstić information content (AvgIpc) is 2.71. The second-order valence-electron chi connectivity index (χ2n) is 7.44.